The first-order chi connectivity index (χ1) is 14.9. The van der Waals surface area contributed by atoms with Crippen LogP contribution in [0.5, 0.6) is 5.75 Å². The molecule has 0 spiro atoms. The van der Waals surface area contributed by atoms with E-state index in [9.17, 15) is 13.5 Å². The van der Waals surface area contributed by atoms with Crippen molar-refractivity contribution in [2.45, 2.75) is 17.7 Å². The van der Waals surface area contributed by atoms with Crippen molar-refractivity contribution in [1.82, 2.24) is 9.97 Å². The van der Waals surface area contributed by atoms with E-state index in [1.165, 1.54) is 17.0 Å². The lowest BCUT2D eigenvalue weighted by Crippen LogP contribution is -2.12. The van der Waals surface area contributed by atoms with Gasteiger partial charge >= 0.3 is 0 Å². The number of hydrogen-bond donors (Lipinski definition) is 3. The van der Waals surface area contributed by atoms with Crippen molar-refractivity contribution >= 4 is 33.0 Å². The first-order valence-electron chi connectivity index (χ1n) is 9.56. The molecule has 31 heavy (non-hydrogen) atoms. The maximum Gasteiger partial charge on any atom is 0.238 e. The number of phenolic OH excluding ortho intramolecular Hbond substituents is 1. The molecule has 2 aromatic heterocycles. The van der Waals surface area contributed by atoms with Crippen LogP contribution in [0, 0.1) is 0 Å². The molecule has 0 saturated carbocycles. The number of para-hydroxylation sites is 1. The number of nitrogens with two attached hydrogens (primary N) is 1. The van der Waals surface area contributed by atoms with E-state index in [-0.39, 0.29) is 10.6 Å². The molecule has 2 heterocycles. The molecule has 0 aliphatic heterocycles. The normalized spacial score (nSPS) is 12.8. The highest BCUT2D eigenvalue weighted by molar-refractivity contribution is 7.89. The lowest BCUT2D eigenvalue weighted by atomic mass is 9.96. The van der Waals surface area contributed by atoms with E-state index < -0.39 is 10.0 Å². The van der Waals surface area contributed by atoms with Crippen molar-refractivity contribution in [2.24, 2.45) is 5.14 Å². The fourth-order valence-electron chi connectivity index (χ4n) is 3.64. The number of rotatable bonds is 4. The van der Waals surface area contributed by atoms with Crippen LogP contribution in [0.15, 0.2) is 65.7 Å². The number of nitrogens with zero attached hydrogens (tertiary/aromatic N) is 2. The van der Waals surface area contributed by atoms with Crippen molar-refractivity contribution in [3.63, 3.8) is 0 Å². The summed E-state index contributed by atoms with van der Waals surface area (Å²) in [6, 6.07) is 15.6. The molecule has 0 unspecified atom stereocenters. The van der Waals surface area contributed by atoms with Crippen LogP contribution in [0.2, 0.25) is 0 Å². The van der Waals surface area contributed by atoms with Gasteiger partial charge in [-0.3, -0.25) is 0 Å². The van der Waals surface area contributed by atoms with Crippen LogP contribution in [0.1, 0.15) is 10.4 Å². The van der Waals surface area contributed by atoms with Gasteiger partial charge in [0.25, 0.3) is 0 Å². The van der Waals surface area contributed by atoms with Crippen LogP contribution >= 0.6 is 11.3 Å². The number of thiophene rings is 1. The number of fused-ring (bicyclic) bond motifs is 3. The molecule has 0 saturated heterocycles. The SMILES string of the molecule is NS(=O)(=O)c1cccc(Nc2ncc3c(n2)-c2cc(-c4ccccc4O)sc2CC3)c1. The highest BCUT2D eigenvalue weighted by Crippen LogP contribution is 2.43. The molecule has 0 amide bonds. The summed E-state index contributed by atoms with van der Waals surface area (Å²) in [5.41, 5.74) is 4.27. The second kappa shape index (κ2) is 7.45. The predicted molar refractivity (Wildman–Crippen MR) is 121 cm³/mol. The maximum absolute atomic E-state index is 11.6. The van der Waals surface area contributed by atoms with Crippen molar-refractivity contribution < 1.29 is 13.5 Å². The molecule has 0 radical (unpaired) electrons. The highest BCUT2D eigenvalue weighted by atomic mass is 32.2. The summed E-state index contributed by atoms with van der Waals surface area (Å²) in [6.07, 6.45) is 3.53. The topological polar surface area (TPSA) is 118 Å². The van der Waals surface area contributed by atoms with Gasteiger partial charge in [-0.05, 0) is 54.8 Å². The third-order valence-electron chi connectivity index (χ3n) is 5.14. The van der Waals surface area contributed by atoms with E-state index in [0.717, 1.165) is 40.1 Å². The van der Waals surface area contributed by atoms with Crippen molar-refractivity contribution in [2.75, 3.05) is 5.32 Å². The number of sulfonamides is 1. The lowest BCUT2D eigenvalue weighted by molar-refractivity contribution is 0.477. The maximum atomic E-state index is 11.6. The Morgan fingerprint density at radius 2 is 1.87 bits per heavy atom. The van der Waals surface area contributed by atoms with E-state index in [2.05, 4.69) is 16.4 Å². The van der Waals surface area contributed by atoms with Crippen LogP contribution in [-0.4, -0.2) is 23.5 Å². The quantitative estimate of drug-likeness (QED) is 0.431. The Balaban J connectivity index is 1.51. The second-order valence-corrected chi connectivity index (χ2v) is 9.93. The standard InChI is InChI=1S/C22H18N4O3S2/c23-31(28,29)15-5-3-4-14(10-15)25-22-24-12-13-8-9-19-17(21(13)26-22)11-20(30-19)16-6-1-2-7-18(16)27/h1-7,10-12,27H,8-9H2,(H2,23,28,29)(H,24,25,26). The van der Waals surface area contributed by atoms with E-state index in [4.69, 9.17) is 10.1 Å². The zero-order chi connectivity index (χ0) is 21.6. The molecule has 4 N–H and O–H groups in total. The molecule has 4 aromatic rings. The summed E-state index contributed by atoms with van der Waals surface area (Å²) in [4.78, 5) is 11.3. The Labute approximate surface area is 183 Å². The second-order valence-electron chi connectivity index (χ2n) is 7.23. The Morgan fingerprint density at radius 3 is 2.68 bits per heavy atom. The number of aryl methyl sites for hydroxylation is 2. The Hall–Kier alpha value is -3.27. The van der Waals surface area contributed by atoms with Crippen molar-refractivity contribution in [3.05, 3.63) is 71.2 Å². The fourth-order valence-corrected chi connectivity index (χ4v) is 5.39. The molecule has 1 aliphatic carbocycles. The molecule has 9 heteroatoms. The first kappa shape index (κ1) is 19.7. The minimum Gasteiger partial charge on any atom is -0.507 e. The molecule has 0 atom stereocenters. The van der Waals surface area contributed by atoms with Gasteiger partial charge in [0.15, 0.2) is 0 Å². The largest absolute Gasteiger partial charge is 0.507 e. The average molecular weight is 451 g/mol. The van der Waals surface area contributed by atoms with Crippen molar-refractivity contribution in [1.29, 1.82) is 0 Å². The van der Waals surface area contributed by atoms with Crippen LogP contribution in [-0.2, 0) is 22.9 Å². The van der Waals surface area contributed by atoms with Crippen LogP contribution in [0.4, 0.5) is 11.6 Å². The first-order valence-corrected chi connectivity index (χ1v) is 11.9. The summed E-state index contributed by atoms with van der Waals surface area (Å²) in [5, 5.41) is 18.5. The van der Waals surface area contributed by atoms with E-state index in [1.807, 2.05) is 12.1 Å². The molecule has 0 bridgehead atoms. The minimum absolute atomic E-state index is 0.0166. The summed E-state index contributed by atoms with van der Waals surface area (Å²) in [7, 11) is -3.80. The van der Waals surface area contributed by atoms with E-state index in [0.29, 0.717) is 11.6 Å². The average Bonchev–Trinajstić information content (AvgIpc) is 3.18. The minimum atomic E-state index is -3.80. The molecular weight excluding hydrogens is 432 g/mol. The number of anilines is 2. The smallest absolute Gasteiger partial charge is 0.238 e. The van der Waals surface area contributed by atoms with Crippen LogP contribution in [0.25, 0.3) is 21.7 Å². The molecule has 7 nitrogen and oxygen atoms in total. The molecular formula is C22H18N4O3S2. The van der Waals surface area contributed by atoms with Gasteiger partial charge in [0.1, 0.15) is 5.75 Å². The Kier molecular flexibility index (Phi) is 4.73. The van der Waals surface area contributed by atoms with E-state index in [1.54, 1.807) is 41.8 Å². The molecule has 2 aromatic carbocycles. The predicted octanol–water partition coefficient (Wildman–Crippen LogP) is 4.07. The van der Waals surface area contributed by atoms with Gasteiger partial charge in [-0.15, -0.1) is 11.3 Å². The van der Waals surface area contributed by atoms with Gasteiger partial charge < -0.3 is 10.4 Å². The molecule has 0 fully saturated rings. The summed E-state index contributed by atoms with van der Waals surface area (Å²) >= 11 is 1.66. The fraction of sp³-hybridized carbons (Fsp3) is 0.0909. The van der Waals surface area contributed by atoms with Crippen molar-refractivity contribution in [3.8, 4) is 27.4 Å². The third kappa shape index (κ3) is 3.78. The van der Waals surface area contributed by atoms with Gasteiger partial charge in [-0.1, -0.05) is 18.2 Å². The third-order valence-corrected chi connectivity index (χ3v) is 7.28. The number of benzene rings is 2. The zero-order valence-corrected chi connectivity index (χ0v) is 17.9. The number of primary sulfonamides is 1. The molecule has 156 valence electrons. The summed E-state index contributed by atoms with van der Waals surface area (Å²) in [6.45, 7) is 0. The van der Waals surface area contributed by atoms with E-state index >= 15 is 0 Å². The molecule has 1 aliphatic rings. The van der Waals surface area contributed by atoms with Gasteiger partial charge in [-0.25, -0.2) is 23.5 Å². The monoisotopic (exact) mass is 450 g/mol. The number of phenols is 1. The Bertz CT molecular complexity index is 1410. The van der Waals surface area contributed by atoms with Gasteiger partial charge in [0, 0.05) is 32.8 Å². The number of nitrogens with one attached hydrogen (secondary N) is 1. The number of aromatic nitrogens is 2. The Morgan fingerprint density at radius 1 is 1.03 bits per heavy atom. The summed E-state index contributed by atoms with van der Waals surface area (Å²) in [5.74, 6) is 0.620. The van der Waals surface area contributed by atoms with Crippen LogP contribution < -0.4 is 10.5 Å². The van der Waals surface area contributed by atoms with Crippen LogP contribution in [0.3, 0.4) is 0 Å². The van der Waals surface area contributed by atoms with Gasteiger partial charge in [0.2, 0.25) is 16.0 Å². The zero-order valence-electron chi connectivity index (χ0n) is 16.2. The van der Waals surface area contributed by atoms with Gasteiger partial charge in [0.05, 0.1) is 10.6 Å². The lowest BCUT2D eigenvalue weighted by Gasteiger charge is -2.16. The number of hydrogen-bond acceptors (Lipinski definition) is 7. The molecule has 5 rings (SSSR count). The number of aromatic hydroxyl groups is 1. The van der Waals surface area contributed by atoms with Gasteiger partial charge in [-0.2, -0.15) is 0 Å². The summed E-state index contributed by atoms with van der Waals surface area (Å²) < 4.78 is 23.2. The highest BCUT2D eigenvalue weighted by Gasteiger charge is 2.23.